The maximum atomic E-state index is 12.2. The average molecular weight is 373 g/mol. The Morgan fingerprint density at radius 2 is 2.00 bits per heavy atom. The van der Waals surface area contributed by atoms with Crippen molar-refractivity contribution in [3.05, 3.63) is 24.3 Å². The minimum Gasteiger partial charge on any atom is -0.444 e. The molecule has 2 fully saturated rings. The largest absolute Gasteiger partial charge is 0.444 e. The Kier molecular flexibility index (Phi) is 4.67. The fourth-order valence-electron chi connectivity index (χ4n) is 3.55. The van der Waals surface area contributed by atoms with Crippen LogP contribution < -0.4 is 4.90 Å². The van der Waals surface area contributed by atoms with Gasteiger partial charge in [0.05, 0.1) is 18.5 Å². The van der Waals surface area contributed by atoms with Gasteiger partial charge in [-0.3, -0.25) is 4.40 Å². The minimum atomic E-state index is -0.469. The van der Waals surface area contributed by atoms with Crippen molar-refractivity contribution >= 4 is 17.6 Å². The molecule has 146 valence electrons. The highest BCUT2D eigenvalue weighted by atomic mass is 16.6. The van der Waals surface area contributed by atoms with Crippen LogP contribution in [0.5, 0.6) is 0 Å². The summed E-state index contributed by atoms with van der Waals surface area (Å²) in [6.07, 6.45) is 4.51. The van der Waals surface area contributed by atoms with Gasteiger partial charge in [-0.25, -0.2) is 14.8 Å². The lowest BCUT2D eigenvalue weighted by atomic mass is 10.1. The lowest BCUT2D eigenvalue weighted by Gasteiger charge is -2.36. The highest BCUT2D eigenvalue weighted by Gasteiger charge is 2.27. The number of anilines is 1. The van der Waals surface area contributed by atoms with Gasteiger partial charge in [-0.05, 0) is 27.2 Å². The molecule has 27 heavy (non-hydrogen) atoms. The number of imidazole rings is 1. The van der Waals surface area contributed by atoms with Crippen molar-refractivity contribution in [3.63, 3.8) is 0 Å². The Morgan fingerprint density at radius 3 is 2.67 bits per heavy atom. The highest BCUT2D eigenvalue weighted by Crippen LogP contribution is 2.26. The predicted molar refractivity (Wildman–Crippen MR) is 101 cm³/mol. The van der Waals surface area contributed by atoms with E-state index < -0.39 is 5.60 Å². The number of fused-ring (bicyclic) bond motifs is 1. The van der Waals surface area contributed by atoms with Gasteiger partial charge in [0.15, 0.2) is 0 Å². The van der Waals surface area contributed by atoms with Crippen LogP contribution in [0.25, 0.3) is 5.65 Å². The second kappa shape index (κ2) is 6.99. The molecule has 0 aromatic carbocycles. The van der Waals surface area contributed by atoms with Crippen molar-refractivity contribution < 1.29 is 14.3 Å². The third-order valence-electron chi connectivity index (χ3n) is 5.01. The van der Waals surface area contributed by atoms with E-state index in [9.17, 15) is 4.79 Å². The van der Waals surface area contributed by atoms with Gasteiger partial charge in [0.1, 0.15) is 23.4 Å². The third-order valence-corrected chi connectivity index (χ3v) is 5.01. The summed E-state index contributed by atoms with van der Waals surface area (Å²) in [5.74, 6) is 1.38. The summed E-state index contributed by atoms with van der Waals surface area (Å²) in [5, 5.41) is 0. The average Bonchev–Trinajstić information content (AvgIpc) is 3.30. The Bertz CT molecular complexity index is 814. The molecule has 4 heterocycles. The van der Waals surface area contributed by atoms with E-state index in [2.05, 4.69) is 20.9 Å². The summed E-state index contributed by atoms with van der Waals surface area (Å²) >= 11 is 0. The van der Waals surface area contributed by atoms with Crippen molar-refractivity contribution in [2.75, 3.05) is 44.3 Å². The molecule has 4 rings (SSSR count). The molecule has 8 heteroatoms. The number of nitrogens with zero attached hydrogens (tertiary/aromatic N) is 5. The van der Waals surface area contributed by atoms with Crippen molar-refractivity contribution in [2.24, 2.45) is 0 Å². The zero-order valence-electron chi connectivity index (χ0n) is 16.2. The van der Waals surface area contributed by atoms with E-state index in [-0.39, 0.29) is 6.09 Å². The Hall–Kier alpha value is -2.35. The minimum absolute atomic E-state index is 0.245. The predicted octanol–water partition coefficient (Wildman–Crippen LogP) is 2.29. The molecule has 0 N–H and O–H groups in total. The summed E-state index contributed by atoms with van der Waals surface area (Å²) in [5.41, 5.74) is 1.48. The summed E-state index contributed by atoms with van der Waals surface area (Å²) in [6, 6.07) is 2.06. The molecule has 2 aliphatic heterocycles. The molecule has 2 aromatic rings. The standard InChI is InChI=1S/C19H27N5O3/c1-19(2,3)27-18(25)23-7-5-22(6-8-23)17-11-20-16-10-15(21-13-24(16)17)14-4-9-26-12-14/h10-11,13-14H,4-9,12H2,1-3H3. The first kappa shape index (κ1) is 18.0. The smallest absolute Gasteiger partial charge is 0.410 e. The zero-order chi connectivity index (χ0) is 19.0. The third kappa shape index (κ3) is 3.85. The van der Waals surface area contributed by atoms with Gasteiger partial charge >= 0.3 is 6.09 Å². The Balaban J connectivity index is 1.44. The maximum Gasteiger partial charge on any atom is 0.410 e. The van der Waals surface area contributed by atoms with E-state index in [1.54, 1.807) is 4.90 Å². The molecule has 1 atom stereocenters. The molecule has 8 nitrogen and oxygen atoms in total. The summed E-state index contributed by atoms with van der Waals surface area (Å²) in [7, 11) is 0. The van der Waals surface area contributed by atoms with Crippen LogP contribution in [0.15, 0.2) is 18.6 Å². The molecular weight excluding hydrogens is 346 g/mol. The summed E-state index contributed by atoms with van der Waals surface area (Å²) < 4.78 is 12.9. The van der Waals surface area contributed by atoms with Gasteiger partial charge in [0, 0.05) is 44.8 Å². The van der Waals surface area contributed by atoms with Crippen molar-refractivity contribution in [1.29, 1.82) is 0 Å². The van der Waals surface area contributed by atoms with Crippen molar-refractivity contribution in [1.82, 2.24) is 19.3 Å². The van der Waals surface area contributed by atoms with Crippen molar-refractivity contribution in [2.45, 2.75) is 38.7 Å². The first-order valence-corrected chi connectivity index (χ1v) is 9.54. The number of carbonyl (C=O) groups excluding carboxylic acids is 1. The number of hydrogen-bond donors (Lipinski definition) is 0. The van der Waals surface area contributed by atoms with Crippen LogP contribution in [0.2, 0.25) is 0 Å². The van der Waals surface area contributed by atoms with Crippen LogP contribution >= 0.6 is 0 Å². The van der Waals surface area contributed by atoms with E-state index >= 15 is 0 Å². The first-order valence-electron chi connectivity index (χ1n) is 9.54. The van der Waals surface area contributed by atoms with Crippen LogP contribution in [0.1, 0.15) is 38.8 Å². The molecule has 0 saturated carbocycles. The van der Waals surface area contributed by atoms with Gasteiger partial charge in [0.2, 0.25) is 0 Å². The van der Waals surface area contributed by atoms with Gasteiger partial charge in [-0.2, -0.15) is 0 Å². The number of hydrogen-bond acceptors (Lipinski definition) is 6. The summed E-state index contributed by atoms with van der Waals surface area (Å²) in [6.45, 7) is 9.95. The number of ether oxygens (including phenoxy) is 2. The first-order chi connectivity index (χ1) is 12.9. The fraction of sp³-hybridized carbons (Fsp3) is 0.632. The molecule has 0 bridgehead atoms. The number of rotatable bonds is 2. The molecule has 2 aromatic heterocycles. The van der Waals surface area contributed by atoms with Crippen LogP contribution in [-0.4, -0.2) is 70.4 Å². The molecule has 1 amide bonds. The second-order valence-electron chi connectivity index (χ2n) is 8.17. The van der Waals surface area contributed by atoms with Crippen LogP contribution in [0.3, 0.4) is 0 Å². The van der Waals surface area contributed by atoms with Gasteiger partial charge < -0.3 is 19.3 Å². The SMILES string of the molecule is CC(C)(C)OC(=O)N1CCN(c2cnc3cc(C4CCOC4)ncn23)CC1. The molecule has 1 unspecified atom stereocenters. The fourth-order valence-corrected chi connectivity index (χ4v) is 3.55. The molecular formula is C19H27N5O3. The quantitative estimate of drug-likeness (QED) is 0.804. The molecule has 2 saturated heterocycles. The van der Waals surface area contributed by atoms with E-state index in [1.165, 1.54) is 0 Å². The molecule has 0 spiro atoms. The number of carbonyl (C=O) groups is 1. The number of amides is 1. The van der Waals surface area contributed by atoms with E-state index in [4.69, 9.17) is 9.47 Å². The number of aromatic nitrogens is 3. The molecule has 2 aliphatic rings. The lowest BCUT2D eigenvalue weighted by molar-refractivity contribution is 0.0240. The zero-order valence-corrected chi connectivity index (χ0v) is 16.2. The van der Waals surface area contributed by atoms with Crippen LogP contribution in [-0.2, 0) is 9.47 Å². The van der Waals surface area contributed by atoms with E-state index in [0.29, 0.717) is 19.0 Å². The normalized spacial score (nSPS) is 21.1. The van der Waals surface area contributed by atoms with E-state index in [1.807, 2.05) is 37.7 Å². The topological polar surface area (TPSA) is 72.2 Å². The van der Waals surface area contributed by atoms with Gasteiger partial charge in [-0.15, -0.1) is 0 Å². The Labute approximate surface area is 159 Å². The highest BCUT2D eigenvalue weighted by molar-refractivity contribution is 5.68. The maximum absolute atomic E-state index is 12.2. The van der Waals surface area contributed by atoms with E-state index in [0.717, 1.165) is 49.9 Å². The number of piperazine rings is 1. The molecule has 0 aliphatic carbocycles. The lowest BCUT2D eigenvalue weighted by Crippen LogP contribution is -2.50. The van der Waals surface area contributed by atoms with Crippen molar-refractivity contribution in [3.8, 4) is 0 Å². The van der Waals surface area contributed by atoms with Gasteiger partial charge in [0.25, 0.3) is 0 Å². The molecule has 0 radical (unpaired) electrons. The monoisotopic (exact) mass is 373 g/mol. The summed E-state index contributed by atoms with van der Waals surface area (Å²) in [4.78, 5) is 25.4. The Morgan fingerprint density at radius 1 is 1.22 bits per heavy atom. The van der Waals surface area contributed by atoms with Gasteiger partial charge in [-0.1, -0.05) is 0 Å². The second-order valence-corrected chi connectivity index (χ2v) is 8.17. The van der Waals surface area contributed by atoms with Crippen LogP contribution in [0, 0.1) is 0 Å². The van der Waals surface area contributed by atoms with Crippen LogP contribution in [0.4, 0.5) is 10.6 Å².